The highest BCUT2D eigenvalue weighted by atomic mass is 16.5. The van der Waals surface area contributed by atoms with Crippen LogP contribution in [-0.4, -0.2) is 22.2 Å². The molecule has 0 saturated carbocycles. The first-order chi connectivity index (χ1) is 8.04. The standard InChI is InChI=1S/C12H14O5/c1-2-4-10(13)17-9-6-3-5-8(7-9)11(14)12(15)16/h3,5-7,11,14H,2,4H2,1H3,(H,15,16). The first kappa shape index (κ1) is 13.2. The molecular formula is C12H14O5. The summed E-state index contributed by atoms with van der Waals surface area (Å²) in [4.78, 5) is 21.8. The van der Waals surface area contributed by atoms with Gasteiger partial charge in [-0.3, -0.25) is 4.79 Å². The smallest absolute Gasteiger partial charge is 0.337 e. The van der Waals surface area contributed by atoms with Crippen molar-refractivity contribution in [3.05, 3.63) is 29.8 Å². The van der Waals surface area contributed by atoms with Crippen LogP contribution in [0.5, 0.6) is 5.75 Å². The van der Waals surface area contributed by atoms with E-state index in [1.54, 1.807) is 0 Å². The van der Waals surface area contributed by atoms with E-state index in [2.05, 4.69) is 0 Å². The molecule has 1 rings (SSSR count). The Bertz CT molecular complexity index is 413. The van der Waals surface area contributed by atoms with Crippen molar-refractivity contribution in [3.8, 4) is 5.75 Å². The molecule has 17 heavy (non-hydrogen) atoms. The molecule has 92 valence electrons. The molecule has 0 bridgehead atoms. The van der Waals surface area contributed by atoms with Crippen LogP contribution in [-0.2, 0) is 9.59 Å². The zero-order valence-electron chi connectivity index (χ0n) is 9.42. The minimum Gasteiger partial charge on any atom is -0.479 e. The Morgan fingerprint density at radius 3 is 2.71 bits per heavy atom. The number of carboxylic acid groups (broad SMARTS) is 1. The maximum atomic E-state index is 11.2. The minimum absolute atomic E-state index is 0.180. The van der Waals surface area contributed by atoms with Crippen LogP contribution < -0.4 is 4.74 Å². The summed E-state index contributed by atoms with van der Waals surface area (Å²) in [5, 5.41) is 18.0. The Morgan fingerprint density at radius 2 is 2.12 bits per heavy atom. The summed E-state index contributed by atoms with van der Waals surface area (Å²) in [5.41, 5.74) is 0.180. The number of esters is 1. The van der Waals surface area contributed by atoms with E-state index in [1.165, 1.54) is 24.3 Å². The van der Waals surface area contributed by atoms with Crippen LogP contribution in [0, 0.1) is 0 Å². The highest BCUT2D eigenvalue weighted by Gasteiger charge is 2.16. The Hall–Kier alpha value is -1.88. The van der Waals surface area contributed by atoms with E-state index < -0.39 is 12.1 Å². The van der Waals surface area contributed by atoms with Crippen molar-refractivity contribution in [1.82, 2.24) is 0 Å². The fourth-order valence-electron chi connectivity index (χ4n) is 1.28. The van der Waals surface area contributed by atoms with Gasteiger partial charge in [-0.2, -0.15) is 0 Å². The van der Waals surface area contributed by atoms with Crippen LogP contribution in [0.15, 0.2) is 24.3 Å². The van der Waals surface area contributed by atoms with E-state index in [0.29, 0.717) is 12.8 Å². The highest BCUT2D eigenvalue weighted by molar-refractivity contribution is 5.75. The van der Waals surface area contributed by atoms with Gasteiger partial charge in [-0.05, 0) is 24.1 Å². The third-order valence-corrected chi connectivity index (χ3v) is 2.09. The molecule has 0 spiro atoms. The number of benzene rings is 1. The predicted octanol–water partition coefficient (Wildman–Crippen LogP) is 1.51. The normalized spacial score (nSPS) is 11.9. The van der Waals surface area contributed by atoms with Gasteiger partial charge in [-0.15, -0.1) is 0 Å². The number of aliphatic carboxylic acids is 1. The van der Waals surface area contributed by atoms with E-state index in [1.807, 2.05) is 6.92 Å². The maximum Gasteiger partial charge on any atom is 0.337 e. The second-order valence-electron chi connectivity index (χ2n) is 3.54. The van der Waals surface area contributed by atoms with Crippen LogP contribution in [0.2, 0.25) is 0 Å². The first-order valence-electron chi connectivity index (χ1n) is 5.26. The molecule has 0 heterocycles. The fraction of sp³-hybridized carbons (Fsp3) is 0.333. The second-order valence-corrected chi connectivity index (χ2v) is 3.54. The Balaban J connectivity index is 2.79. The molecule has 0 aliphatic carbocycles. The minimum atomic E-state index is -1.61. The third kappa shape index (κ3) is 3.88. The monoisotopic (exact) mass is 238 g/mol. The van der Waals surface area contributed by atoms with Crippen molar-refractivity contribution >= 4 is 11.9 Å². The van der Waals surface area contributed by atoms with Crippen molar-refractivity contribution in [1.29, 1.82) is 0 Å². The number of hydrogen-bond donors (Lipinski definition) is 2. The summed E-state index contributed by atoms with van der Waals surface area (Å²) in [5.74, 6) is -1.49. The van der Waals surface area contributed by atoms with Crippen LogP contribution in [0.3, 0.4) is 0 Å². The zero-order valence-corrected chi connectivity index (χ0v) is 9.42. The number of ether oxygens (including phenoxy) is 1. The lowest BCUT2D eigenvalue weighted by Gasteiger charge is -2.08. The van der Waals surface area contributed by atoms with Gasteiger partial charge in [-0.1, -0.05) is 19.1 Å². The lowest BCUT2D eigenvalue weighted by Crippen LogP contribution is -2.11. The number of aliphatic hydroxyl groups is 1. The number of carboxylic acids is 1. The Morgan fingerprint density at radius 1 is 1.41 bits per heavy atom. The zero-order chi connectivity index (χ0) is 12.8. The van der Waals surface area contributed by atoms with Crippen molar-refractivity contribution in [2.75, 3.05) is 0 Å². The number of hydrogen-bond acceptors (Lipinski definition) is 4. The molecule has 0 fully saturated rings. The molecule has 0 amide bonds. The van der Waals surface area contributed by atoms with Gasteiger partial charge in [-0.25, -0.2) is 4.79 Å². The predicted molar refractivity (Wildman–Crippen MR) is 59.6 cm³/mol. The lowest BCUT2D eigenvalue weighted by atomic mass is 10.1. The summed E-state index contributed by atoms with van der Waals surface area (Å²) in [6.45, 7) is 1.85. The first-order valence-corrected chi connectivity index (χ1v) is 5.26. The molecule has 1 aromatic rings. The van der Waals surface area contributed by atoms with Gasteiger partial charge in [0.25, 0.3) is 0 Å². The van der Waals surface area contributed by atoms with Crippen molar-refractivity contribution < 1.29 is 24.5 Å². The van der Waals surface area contributed by atoms with Gasteiger partial charge in [0.2, 0.25) is 0 Å². The van der Waals surface area contributed by atoms with Gasteiger partial charge >= 0.3 is 11.9 Å². The molecule has 5 nitrogen and oxygen atoms in total. The molecule has 0 radical (unpaired) electrons. The topological polar surface area (TPSA) is 83.8 Å². The van der Waals surface area contributed by atoms with E-state index in [-0.39, 0.29) is 17.3 Å². The molecule has 0 aliphatic rings. The van der Waals surface area contributed by atoms with Gasteiger partial charge < -0.3 is 14.9 Å². The Labute approximate surface area is 98.6 Å². The molecule has 2 N–H and O–H groups in total. The molecule has 0 aliphatic heterocycles. The summed E-state index contributed by atoms with van der Waals surface area (Å²) < 4.78 is 4.98. The van der Waals surface area contributed by atoms with Crippen LogP contribution >= 0.6 is 0 Å². The molecule has 5 heteroatoms. The number of carbonyl (C=O) groups is 2. The van der Waals surface area contributed by atoms with Gasteiger partial charge in [0.15, 0.2) is 6.10 Å². The largest absolute Gasteiger partial charge is 0.479 e. The molecule has 1 unspecified atom stereocenters. The van der Waals surface area contributed by atoms with Crippen LogP contribution in [0.25, 0.3) is 0 Å². The van der Waals surface area contributed by atoms with Crippen LogP contribution in [0.1, 0.15) is 31.4 Å². The quantitative estimate of drug-likeness (QED) is 0.600. The Kier molecular flexibility index (Phi) is 4.66. The van der Waals surface area contributed by atoms with Gasteiger partial charge in [0, 0.05) is 6.42 Å². The third-order valence-electron chi connectivity index (χ3n) is 2.09. The average Bonchev–Trinajstić information content (AvgIpc) is 2.28. The summed E-state index contributed by atoms with van der Waals surface area (Å²) >= 11 is 0. The van der Waals surface area contributed by atoms with Crippen molar-refractivity contribution in [2.24, 2.45) is 0 Å². The van der Waals surface area contributed by atoms with E-state index in [9.17, 15) is 14.7 Å². The van der Waals surface area contributed by atoms with Crippen molar-refractivity contribution in [2.45, 2.75) is 25.9 Å². The van der Waals surface area contributed by atoms with E-state index >= 15 is 0 Å². The van der Waals surface area contributed by atoms with Crippen LogP contribution in [0.4, 0.5) is 0 Å². The van der Waals surface area contributed by atoms with Gasteiger partial charge in [0.05, 0.1) is 0 Å². The average molecular weight is 238 g/mol. The molecule has 1 aromatic carbocycles. The maximum absolute atomic E-state index is 11.2. The SMILES string of the molecule is CCCC(=O)Oc1cccc(C(O)C(=O)O)c1. The molecule has 0 saturated heterocycles. The van der Waals surface area contributed by atoms with E-state index in [4.69, 9.17) is 9.84 Å². The summed E-state index contributed by atoms with van der Waals surface area (Å²) in [6.07, 6.45) is -0.637. The second kappa shape index (κ2) is 6.00. The molecule has 1 atom stereocenters. The van der Waals surface area contributed by atoms with Crippen molar-refractivity contribution in [3.63, 3.8) is 0 Å². The molecule has 0 aromatic heterocycles. The summed E-state index contributed by atoms with van der Waals surface area (Å²) in [7, 11) is 0. The summed E-state index contributed by atoms with van der Waals surface area (Å²) in [6, 6.07) is 5.85. The number of carbonyl (C=O) groups excluding carboxylic acids is 1. The molecular weight excluding hydrogens is 224 g/mol. The number of rotatable bonds is 5. The number of aliphatic hydroxyl groups excluding tert-OH is 1. The van der Waals surface area contributed by atoms with E-state index in [0.717, 1.165) is 0 Å². The van der Waals surface area contributed by atoms with Gasteiger partial charge in [0.1, 0.15) is 5.75 Å². The fourth-order valence-corrected chi connectivity index (χ4v) is 1.28. The highest BCUT2D eigenvalue weighted by Crippen LogP contribution is 2.19. The lowest BCUT2D eigenvalue weighted by molar-refractivity contribution is -0.146.